The highest BCUT2D eigenvalue weighted by Crippen LogP contribution is 2.40. The first kappa shape index (κ1) is 12.3. The zero-order valence-electron chi connectivity index (χ0n) is 10.3. The number of halogens is 1. The molecule has 0 amide bonds. The third-order valence-electron chi connectivity index (χ3n) is 3.73. The average Bonchev–Trinajstić information content (AvgIpc) is 2.66. The second kappa shape index (κ2) is 4.63. The number of nitrogens with zero attached hydrogens (tertiary/aromatic N) is 1. The molecule has 2 atom stereocenters. The van der Waals surface area contributed by atoms with E-state index >= 15 is 0 Å². The van der Waals surface area contributed by atoms with E-state index in [1.54, 1.807) is 6.92 Å². The molecule has 0 bridgehead atoms. The molecule has 2 unspecified atom stereocenters. The van der Waals surface area contributed by atoms with Crippen molar-refractivity contribution < 1.29 is 9.50 Å². The summed E-state index contributed by atoms with van der Waals surface area (Å²) in [4.78, 5) is 2.14. The zero-order valence-corrected chi connectivity index (χ0v) is 10.3. The maximum absolute atomic E-state index is 13.6. The van der Waals surface area contributed by atoms with Crippen LogP contribution >= 0.6 is 0 Å². The Bertz CT molecular complexity index is 422. The van der Waals surface area contributed by atoms with Crippen LogP contribution in [0.25, 0.3) is 0 Å². The quantitative estimate of drug-likeness (QED) is 0.826. The van der Waals surface area contributed by atoms with Gasteiger partial charge in [-0.1, -0.05) is 0 Å². The second-order valence-corrected chi connectivity index (χ2v) is 4.90. The molecular formula is C13H19FN2O. The van der Waals surface area contributed by atoms with Crippen molar-refractivity contribution in [2.75, 3.05) is 20.1 Å². The lowest BCUT2D eigenvalue weighted by Gasteiger charge is -2.22. The van der Waals surface area contributed by atoms with Gasteiger partial charge >= 0.3 is 0 Å². The molecule has 4 heteroatoms. The summed E-state index contributed by atoms with van der Waals surface area (Å²) in [6.07, 6.45) is 0.880. The number of phenolic OH excluding ortho intramolecular Hbond substituents is 1. The number of rotatable bonds is 2. The summed E-state index contributed by atoms with van der Waals surface area (Å²) in [5, 5.41) is 9.93. The zero-order chi connectivity index (χ0) is 12.6. The third-order valence-corrected chi connectivity index (χ3v) is 3.73. The van der Waals surface area contributed by atoms with Crippen molar-refractivity contribution >= 4 is 0 Å². The lowest BCUT2D eigenvalue weighted by atomic mass is 9.95. The molecule has 0 spiro atoms. The predicted octanol–water partition coefficient (Wildman–Crippen LogP) is 1.79. The minimum absolute atomic E-state index is 0.0687. The first-order chi connectivity index (χ1) is 8.04. The van der Waals surface area contributed by atoms with E-state index in [9.17, 15) is 9.50 Å². The van der Waals surface area contributed by atoms with Crippen LogP contribution in [0.5, 0.6) is 5.75 Å². The summed E-state index contributed by atoms with van der Waals surface area (Å²) < 4.78 is 13.6. The summed E-state index contributed by atoms with van der Waals surface area (Å²) >= 11 is 0. The Kier molecular flexibility index (Phi) is 3.35. The van der Waals surface area contributed by atoms with E-state index in [1.807, 2.05) is 7.05 Å². The Morgan fingerprint density at radius 2 is 2.24 bits per heavy atom. The number of benzene rings is 1. The Labute approximate surface area is 101 Å². The summed E-state index contributed by atoms with van der Waals surface area (Å²) in [6.45, 7) is 3.25. The summed E-state index contributed by atoms with van der Waals surface area (Å²) in [7, 11) is 1.99. The fourth-order valence-corrected chi connectivity index (χ4v) is 2.72. The molecule has 0 radical (unpaired) electrons. The van der Waals surface area contributed by atoms with Crippen LogP contribution in [-0.4, -0.2) is 30.1 Å². The fourth-order valence-electron chi connectivity index (χ4n) is 2.72. The highest BCUT2D eigenvalue weighted by molar-refractivity contribution is 5.42. The molecule has 0 aliphatic carbocycles. The van der Waals surface area contributed by atoms with E-state index in [0.717, 1.165) is 13.0 Å². The van der Waals surface area contributed by atoms with Gasteiger partial charge in [0.05, 0.1) is 0 Å². The Hall–Kier alpha value is -1.13. The average molecular weight is 238 g/mol. The van der Waals surface area contributed by atoms with Gasteiger partial charge in [-0.3, -0.25) is 4.90 Å². The van der Waals surface area contributed by atoms with Gasteiger partial charge < -0.3 is 10.8 Å². The molecule has 2 rings (SSSR count). The van der Waals surface area contributed by atoms with E-state index in [1.165, 1.54) is 12.1 Å². The van der Waals surface area contributed by atoms with Gasteiger partial charge in [0.1, 0.15) is 11.6 Å². The van der Waals surface area contributed by atoms with Crippen molar-refractivity contribution in [3.63, 3.8) is 0 Å². The fraction of sp³-hybridized carbons (Fsp3) is 0.538. The molecule has 1 aromatic rings. The molecule has 1 fully saturated rings. The van der Waals surface area contributed by atoms with Gasteiger partial charge in [-0.25, -0.2) is 4.39 Å². The molecule has 0 saturated carbocycles. The lowest BCUT2D eigenvalue weighted by Crippen LogP contribution is -2.21. The first-order valence-corrected chi connectivity index (χ1v) is 5.92. The lowest BCUT2D eigenvalue weighted by molar-refractivity contribution is 0.303. The molecule has 1 aliphatic heterocycles. The molecule has 1 aromatic carbocycles. The molecule has 1 heterocycles. The molecular weight excluding hydrogens is 219 g/mol. The maximum atomic E-state index is 13.6. The number of hydrogen-bond donors (Lipinski definition) is 2. The van der Waals surface area contributed by atoms with E-state index in [4.69, 9.17) is 5.73 Å². The Morgan fingerprint density at radius 3 is 2.82 bits per heavy atom. The van der Waals surface area contributed by atoms with Gasteiger partial charge in [-0.05, 0) is 50.6 Å². The van der Waals surface area contributed by atoms with E-state index in [0.29, 0.717) is 23.6 Å². The second-order valence-electron chi connectivity index (χ2n) is 4.90. The van der Waals surface area contributed by atoms with Crippen molar-refractivity contribution in [3.05, 3.63) is 29.1 Å². The van der Waals surface area contributed by atoms with E-state index < -0.39 is 0 Å². The van der Waals surface area contributed by atoms with Gasteiger partial charge in [-0.15, -0.1) is 0 Å². The van der Waals surface area contributed by atoms with Crippen LogP contribution < -0.4 is 5.73 Å². The molecule has 94 valence electrons. The number of hydrogen-bond acceptors (Lipinski definition) is 3. The smallest absolute Gasteiger partial charge is 0.126 e. The van der Waals surface area contributed by atoms with Crippen LogP contribution in [-0.2, 0) is 0 Å². The number of aromatic hydroxyl groups is 1. The van der Waals surface area contributed by atoms with Crippen molar-refractivity contribution in [2.45, 2.75) is 19.4 Å². The minimum atomic E-state index is -0.262. The van der Waals surface area contributed by atoms with Crippen LogP contribution in [0, 0.1) is 18.7 Å². The predicted molar refractivity (Wildman–Crippen MR) is 65.3 cm³/mol. The highest BCUT2D eigenvalue weighted by atomic mass is 19.1. The molecule has 3 nitrogen and oxygen atoms in total. The monoisotopic (exact) mass is 238 g/mol. The first-order valence-electron chi connectivity index (χ1n) is 5.92. The van der Waals surface area contributed by atoms with Crippen molar-refractivity contribution in [3.8, 4) is 5.75 Å². The van der Waals surface area contributed by atoms with Crippen LogP contribution in [0.1, 0.15) is 23.6 Å². The minimum Gasteiger partial charge on any atom is -0.508 e. The van der Waals surface area contributed by atoms with Crippen molar-refractivity contribution in [1.82, 2.24) is 4.90 Å². The van der Waals surface area contributed by atoms with Gasteiger partial charge in [-0.2, -0.15) is 0 Å². The SMILES string of the molecule is Cc1c(F)ccc(O)c1C1CC(CN)CN1C. The number of phenols is 1. The Balaban J connectivity index is 2.37. The summed E-state index contributed by atoms with van der Waals surface area (Å²) in [5.41, 5.74) is 6.93. The molecule has 17 heavy (non-hydrogen) atoms. The van der Waals surface area contributed by atoms with Crippen LogP contribution in [0.15, 0.2) is 12.1 Å². The summed E-state index contributed by atoms with van der Waals surface area (Å²) in [6, 6.07) is 2.81. The standard InChI is InChI=1S/C13H19FN2O/c1-8-10(14)3-4-12(17)13(8)11-5-9(6-15)7-16(11)2/h3-4,9,11,17H,5-7,15H2,1-2H3. The topological polar surface area (TPSA) is 49.5 Å². The molecule has 3 N–H and O–H groups in total. The molecule has 1 aliphatic rings. The number of nitrogens with two attached hydrogens (primary N) is 1. The van der Waals surface area contributed by atoms with Crippen molar-refractivity contribution in [2.24, 2.45) is 11.7 Å². The van der Waals surface area contributed by atoms with E-state index in [-0.39, 0.29) is 17.6 Å². The van der Waals surface area contributed by atoms with Gasteiger partial charge in [0.2, 0.25) is 0 Å². The van der Waals surface area contributed by atoms with E-state index in [2.05, 4.69) is 4.90 Å². The third kappa shape index (κ3) is 2.15. The van der Waals surface area contributed by atoms with Crippen LogP contribution in [0.3, 0.4) is 0 Å². The van der Waals surface area contributed by atoms with Crippen LogP contribution in [0.4, 0.5) is 4.39 Å². The van der Waals surface area contributed by atoms with Gasteiger partial charge in [0.25, 0.3) is 0 Å². The number of likely N-dealkylation sites (tertiary alicyclic amines) is 1. The van der Waals surface area contributed by atoms with Crippen LogP contribution in [0.2, 0.25) is 0 Å². The maximum Gasteiger partial charge on any atom is 0.126 e. The Morgan fingerprint density at radius 1 is 1.53 bits per heavy atom. The highest BCUT2D eigenvalue weighted by Gasteiger charge is 2.32. The normalized spacial score (nSPS) is 25.4. The largest absolute Gasteiger partial charge is 0.508 e. The molecule has 0 aromatic heterocycles. The van der Waals surface area contributed by atoms with Gasteiger partial charge in [0, 0.05) is 18.2 Å². The van der Waals surface area contributed by atoms with Crippen molar-refractivity contribution in [1.29, 1.82) is 0 Å². The van der Waals surface area contributed by atoms with Gasteiger partial charge in [0.15, 0.2) is 0 Å². The summed E-state index contributed by atoms with van der Waals surface area (Å²) in [5.74, 6) is 0.341. The molecule has 1 saturated heterocycles.